The van der Waals surface area contributed by atoms with Crippen molar-refractivity contribution in [1.82, 2.24) is 15.1 Å². The molecule has 0 bridgehead atoms. The third kappa shape index (κ3) is 5.02. The van der Waals surface area contributed by atoms with Crippen LogP contribution in [0.25, 0.3) is 0 Å². The van der Waals surface area contributed by atoms with Gasteiger partial charge in [-0.05, 0) is 39.0 Å². The highest BCUT2D eigenvalue weighted by Crippen LogP contribution is 2.41. The molecule has 1 N–H and O–H groups in total. The summed E-state index contributed by atoms with van der Waals surface area (Å²) in [5, 5.41) is 3.36. The van der Waals surface area contributed by atoms with Crippen molar-refractivity contribution in [3.63, 3.8) is 0 Å². The van der Waals surface area contributed by atoms with Crippen molar-refractivity contribution < 1.29 is 0 Å². The Morgan fingerprint density at radius 3 is 1.95 bits per heavy atom. The molecule has 5 heteroatoms. The topological polar surface area (TPSA) is 43.2 Å². The fourth-order valence-electron chi connectivity index (χ4n) is 2.36. The van der Waals surface area contributed by atoms with Gasteiger partial charge in [0.2, 0.25) is 11.9 Å². The maximum Gasteiger partial charge on any atom is 0.221 e. The summed E-state index contributed by atoms with van der Waals surface area (Å²) < 4.78 is 0. The maximum absolute atomic E-state index is 4.80. The van der Waals surface area contributed by atoms with Gasteiger partial charge in [0.05, 0.1) is 6.04 Å². The predicted octanol–water partition coefficient (Wildman–Crippen LogP) is 1.86. The van der Waals surface area contributed by atoms with E-state index in [4.69, 9.17) is 9.98 Å². The lowest BCUT2D eigenvalue weighted by molar-refractivity contribution is 0.484. The van der Waals surface area contributed by atoms with Crippen LogP contribution in [-0.4, -0.2) is 62.0 Å². The molecular weight excluding hydrogens is 250 g/mol. The second kappa shape index (κ2) is 6.95. The van der Waals surface area contributed by atoms with Gasteiger partial charge in [-0.2, -0.15) is 4.99 Å². The maximum atomic E-state index is 4.80. The monoisotopic (exact) mass is 281 g/mol. The number of aliphatic imine (C=N–C) groups is 2. The minimum absolute atomic E-state index is 0.326. The Balaban J connectivity index is 2.93. The van der Waals surface area contributed by atoms with Crippen LogP contribution in [0.5, 0.6) is 0 Å². The average molecular weight is 281 g/mol. The van der Waals surface area contributed by atoms with Gasteiger partial charge in [-0.15, -0.1) is 0 Å². The molecule has 0 spiro atoms. The fraction of sp³-hybridized carbons (Fsp3) is 0.867. The van der Waals surface area contributed by atoms with E-state index in [2.05, 4.69) is 33.0 Å². The minimum atomic E-state index is 0.326. The smallest absolute Gasteiger partial charge is 0.221 e. The molecule has 0 radical (unpaired) electrons. The number of guanidine groups is 2. The number of hydrogen-bond acceptors (Lipinski definition) is 1. The van der Waals surface area contributed by atoms with Crippen LogP contribution in [0.2, 0.25) is 0 Å². The quantitative estimate of drug-likeness (QED) is 0.634. The van der Waals surface area contributed by atoms with Crippen molar-refractivity contribution in [3.8, 4) is 0 Å². The summed E-state index contributed by atoms with van der Waals surface area (Å²) in [5.41, 5.74) is 0. The molecule has 0 aromatic carbocycles. The van der Waals surface area contributed by atoms with Gasteiger partial charge in [-0.1, -0.05) is 6.92 Å². The first kappa shape index (κ1) is 16.8. The number of hydrogen-bond donors (Lipinski definition) is 1. The van der Waals surface area contributed by atoms with E-state index in [0.717, 1.165) is 23.8 Å². The Hall–Kier alpha value is -1.26. The highest BCUT2D eigenvalue weighted by molar-refractivity contribution is 5.94. The van der Waals surface area contributed by atoms with E-state index in [0.29, 0.717) is 12.1 Å². The molecule has 1 fully saturated rings. The first-order valence-electron chi connectivity index (χ1n) is 7.50. The normalized spacial score (nSPS) is 23.4. The van der Waals surface area contributed by atoms with Gasteiger partial charge in [0.1, 0.15) is 0 Å². The molecular formula is C15H31N5. The van der Waals surface area contributed by atoms with Crippen molar-refractivity contribution >= 4 is 11.9 Å². The van der Waals surface area contributed by atoms with Crippen LogP contribution in [0.4, 0.5) is 0 Å². The SMILES string of the molecule is CC(C)NC(=NC(C)[C@H]1C[C@H]1C)N=C(N(C)C)N(C)C. The van der Waals surface area contributed by atoms with Crippen LogP contribution in [-0.2, 0) is 0 Å². The van der Waals surface area contributed by atoms with E-state index >= 15 is 0 Å². The Kier molecular flexibility index (Phi) is 5.84. The Morgan fingerprint density at radius 1 is 1.10 bits per heavy atom. The van der Waals surface area contributed by atoms with Gasteiger partial charge in [0.15, 0.2) is 0 Å². The minimum Gasteiger partial charge on any atom is -0.352 e. The summed E-state index contributed by atoms with van der Waals surface area (Å²) >= 11 is 0. The van der Waals surface area contributed by atoms with Gasteiger partial charge < -0.3 is 15.1 Å². The summed E-state index contributed by atoms with van der Waals surface area (Å²) in [6, 6.07) is 0.660. The highest BCUT2D eigenvalue weighted by atomic mass is 15.4. The molecule has 20 heavy (non-hydrogen) atoms. The lowest BCUT2D eigenvalue weighted by Crippen LogP contribution is -2.39. The van der Waals surface area contributed by atoms with Gasteiger partial charge >= 0.3 is 0 Å². The van der Waals surface area contributed by atoms with Gasteiger partial charge in [-0.25, -0.2) is 4.99 Å². The second-order valence-electron chi connectivity index (χ2n) is 6.57. The largest absolute Gasteiger partial charge is 0.352 e. The van der Waals surface area contributed by atoms with Crippen molar-refractivity contribution in [2.45, 2.75) is 46.2 Å². The number of nitrogens with one attached hydrogen (secondary N) is 1. The predicted molar refractivity (Wildman–Crippen MR) is 87.2 cm³/mol. The van der Waals surface area contributed by atoms with Crippen LogP contribution in [0.3, 0.4) is 0 Å². The molecule has 0 aromatic rings. The third-order valence-corrected chi connectivity index (χ3v) is 3.54. The van der Waals surface area contributed by atoms with E-state index in [1.54, 1.807) is 0 Å². The summed E-state index contributed by atoms with van der Waals surface area (Å²) in [7, 11) is 7.99. The molecule has 0 aromatic heterocycles. The summed E-state index contributed by atoms with van der Waals surface area (Å²) in [6.07, 6.45) is 1.29. The zero-order valence-electron chi connectivity index (χ0n) is 14.3. The molecule has 5 nitrogen and oxygen atoms in total. The van der Waals surface area contributed by atoms with Gasteiger partial charge in [-0.3, -0.25) is 0 Å². The number of rotatable bonds is 3. The molecule has 0 heterocycles. The van der Waals surface area contributed by atoms with Crippen LogP contribution in [0.1, 0.15) is 34.1 Å². The molecule has 1 saturated carbocycles. The van der Waals surface area contributed by atoms with Crippen molar-refractivity contribution in [3.05, 3.63) is 0 Å². The second-order valence-corrected chi connectivity index (χ2v) is 6.57. The standard InChI is InChI=1S/C15H31N5/c1-10(2)16-14(17-12(4)13-9-11(13)3)18-15(19(5)6)20(7)8/h10-13H,9H2,1-8H3,(H,16,17)/t11-,12?,13+/m1/s1. The molecule has 1 aliphatic rings. The summed E-state index contributed by atoms with van der Waals surface area (Å²) in [6.45, 7) is 8.71. The average Bonchev–Trinajstić information content (AvgIpc) is 3.01. The Bertz CT molecular complexity index is 360. The van der Waals surface area contributed by atoms with Crippen molar-refractivity contribution in [2.75, 3.05) is 28.2 Å². The zero-order chi connectivity index (χ0) is 15.4. The fourth-order valence-corrected chi connectivity index (χ4v) is 2.36. The third-order valence-electron chi connectivity index (χ3n) is 3.54. The first-order valence-corrected chi connectivity index (χ1v) is 7.50. The lowest BCUT2D eigenvalue weighted by atomic mass is 10.2. The molecule has 1 unspecified atom stereocenters. The van der Waals surface area contributed by atoms with Crippen LogP contribution >= 0.6 is 0 Å². The zero-order valence-corrected chi connectivity index (χ0v) is 14.3. The summed E-state index contributed by atoms with van der Waals surface area (Å²) in [5.74, 6) is 3.16. The number of nitrogens with zero attached hydrogens (tertiary/aromatic N) is 4. The molecule has 1 aliphatic carbocycles. The first-order chi connectivity index (χ1) is 9.22. The van der Waals surface area contributed by atoms with Gasteiger partial charge in [0.25, 0.3) is 0 Å². The van der Waals surface area contributed by atoms with Crippen molar-refractivity contribution in [1.29, 1.82) is 0 Å². The van der Waals surface area contributed by atoms with Crippen LogP contribution < -0.4 is 5.32 Å². The highest BCUT2D eigenvalue weighted by Gasteiger charge is 2.37. The molecule has 1 rings (SSSR count). The molecule has 0 saturated heterocycles. The molecule has 0 amide bonds. The Morgan fingerprint density at radius 2 is 1.60 bits per heavy atom. The van der Waals surface area contributed by atoms with Crippen molar-refractivity contribution in [2.24, 2.45) is 21.8 Å². The molecule has 3 atom stereocenters. The van der Waals surface area contributed by atoms with E-state index < -0.39 is 0 Å². The van der Waals surface area contributed by atoms with E-state index in [1.807, 2.05) is 38.0 Å². The lowest BCUT2D eigenvalue weighted by Gasteiger charge is -2.23. The van der Waals surface area contributed by atoms with E-state index in [9.17, 15) is 0 Å². The van der Waals surface area contributed by atoms with E-state index in [-0.39, 0.29) is 0 Å². The van der Waals surface area contributed by atoms with Crippen LogP contribution in [0.15, 0.2) is 9.98 Å². The summed E-state index contributed by atoms with van der Waals surface area (Å²) in [4.78, 5) is 13.5. The van der Waals surface area contributed by atoms with Crippen LogP contribution in [0, 0.1) is 11.8 Å². The van der Waals surface area contributed by atoms with E-state index in [1.165, 1.54) is 6.42 Å². The molecule has 0 aliphatic heterocycles. The Labute approximate surface area is 124 Å². The molecule has 116 valence electrons. The van der Waals surface area contributed by atoms with Gasteiger partial charge in [0, 0.05) is 34.2 Å².